The zero-order valence-electron chi connectivity index (χ0n) is 16.2. The van der Waals surface area contributed by atoms with Crippen LogP contribution >= 0.6 is 0 Å². The second-order valence-electron chi connectivity index (χ2n) is 6.71. The van der Waals surface area contributed by atoms with E-state index in [4.69, 9.17) is 9.47 Å². The molecule has 1 aromatic heterocycles. The molecule has 0 atom stereocenters. The van der Waals surface area contributed by atoms with Gasteiger partial charge in [-0.2, -0.15) is 0 Å². The van der Waals surface area contributed by atoms with Crippen molar-refractivity contribution in [1.29, 1.82) is 0 Å². The van der Waals surface area contributed by atoms with E-state index < -0.39 is 0 Å². The Morgan fingerprint density at radius 2 is 1.79 bits per heavy atom. The average molecular weight is 383 g/mol. The summed E-state index contributed by atoms with van der Waals surface area (Å²) in [5.74, 6) is 0.996. The highest BCUT2D eigenvalue weighted by Crippen LogP contribution is 2.25. The molecule has 28 heavy (non-hydrogen) atoms. The highest BCUT2D eigenvalue weighted by Gasteiger charge is 2.28. The molecule has 0 unspecified atom stereocenters. The number of piperidine rings is 1. The molecule has 1 saturated heterocycles. The summed E-state index contributed by atoms with van der Waals surface area (Å²) >= 11 is 0. The van der Waals surface area contributed by atoms with Crippen LogP contribution < -0.4 is 14.8 Å². The van der Waals surface area contributed by atoms with Gasteiger partial charge in [0.25, 0.3) is 5.91 Å². The first kappa shape index (κ1) is 19.7. The van der Waals surface area contributed by atoms with Gasteiger partial charge in [0.15, 0.2) is 0 Å². The SMILES string of the molecule is COc1cc(OC)cc(C(=O)N2CCC(C(=O)NCc3ccccn3)CC2)c1. The Labute approximate surface area is 164 Å². The molecule has 7 nitrogen and oxygen atoms in total. The highest BCUT2D eigenvalue weighted by atomic mass is 16.5. The van der Waals surface area contributed by atoms with Crippen LogP contribution in [0.1, 0.15) is 28.9 Å². The molecule has 1 aliphatic rings. The van der Waals surface area contributed by atoms with Gasteiger partial charge in [-0.1, -0.05) is 6.07 Å². The minimum atomic E-state index is -0.0902. The number of carbonyl (C=O) groups excluding carboxylic acids is 2. The molecule has 1 fully saturated rings. The van der Waals surface area contributed by atoms with Crippen LogP contribution in [0, 0.1) is 5.92 Å². The monoisotopic (exact) mass is 383 g/mol. The number of methoxy groups -OCH3 is 2. The third-order valence-corrected chi connectivity index (χ3v) is 4.92. The van der Waals surface area contributed by atoms with Crippen LogP contribution in [0.4, 0.5) is 0 Å². The van der Waals surface area contributed by atoms with Gasteiger partial charge in [0.05, 0.1) is 26.5 Å². The van der Waals surface area contributed by atoms with Gasteiger partial charge in [-0.15, -0.1) is 0 Å². The summed E-state index contributed by atoms with van der Waals surface area (Å²) in [7, 11) is 3.11. The van der Waals surface area contributed by atoms with Crippen molar-refractivity contribution in [3.05, 3.63) is 53.9 Å². The van der Waals surface area contributed by atoms with Gasteiger partial charge in [0, 0.05) is 36.8 Å². The molecule has 0 spiro atoms. The number of rotatable bonds is 6. The van der Waals surface area contributed by atoms with Crippen molar-refractivity contribution in [2.75, 3.05) is 27.3 Å². The molecular formula is C21H25N3O4. The maximum Gasteiger partial charge on any atom is 0.254 e. The van der Waals surface area contributed by atoms with Crippen molar-refractivity contribution in [1.82, 2.24) is 15.2 Å². The van der Waals surface area contributed by atoms with Crippen LogP contribution in [0.15, 0.2) is 42.6 Å². The van der Waals surface area contributed by atoms with E-state index in [1.54, 1.807) is 43.5 Å². The molecule has 2 heterocycles. The van der Waals surface area contributed by atoms with E-state index in [2.05, 4.69) is 10.3 Å². The Morgan fingerprint density at radius 3 is 2.36 bits per heavy atom. The first-order valence-corrected chi connectivity index (χ1v) is 9.30. The smallest absolute Gasteiger partial charge is 0.254 e. The number of ether oxygens (including phenoxy) is 2. The minimum absolute atomic E-state index is 0.0146. The van der Waals surface area contributed by atoms with Crippen molar-refractivity contribution < 1.29 is 19.1 Å². The molecular weight excluding hydrogens is 358 g/mol. The minimum Gasteiger partial charge on any atom is -0.497 e. The fourth-order valence-electron chi connectivity index (χ4n) is 3.28. The summed E-state index contributed by atoms with van der Waals surface area (Å²) in [6, 6.07) is 10.8. The molecule has 0 saturated carbocycles. The summed E-state index contributed by atoms with van der Waals surface area (Å²) in [6.45, 7) is 1.50. The van der Waals surface area contributed by atoms with Crippen molar-refractivity contribution in [2.24, 2.45) is 5.92 Å². The molecule has 0 bridgehead atoms. The van der Waals surface area contributed by atoms with Crippen molar-refractivity contribution >= 4 is 11.8 Å². The summed E-state index contributed by atoms with van der Waals surface area (Å²) in [4.78, 5) is 31.2. The predicted molar refractivity (Wildman–Crippen MR) is 104 cm³/mol. The van der Waals surface area contributed by atoms with Crippen LogP contribution in [0.2, 0.25) is 0 Å². The van der Waals surface area contributed by atoms with Crippen molar-refractivity contribution in [3.8, 4) is 11.5 Å². The predicted octanol–water partition coefficient (Wildman–Crippen LogP) is 2.27. The fraction of sp³-hybridized carbons (Fsp3) is 0.381. The van der Waals surface area contributed by atoms with Crippen LogP contribution in [0.3, 0.4) is 0 Å². The number of nitrogens with zero attached hydrogens (tertiary/aromatic N) is 2. The number of nitrogens with one attached hydrogen (secondary N) is 1. The van der Waals surface area contributed by atoms with Crippen molar-refractivity contribution in [3.63, 3.8) is 0 Å². The number of likely N-dealkylation sites (tertiary alicyclic amines) is 1. The van der Waals surface area contributed by atoms with Crippen LogP contribution in [-0.2, 0) is 11.3 Å². The number of carbonyl (C=O) groups is 2. The van der Waals surface area contributed by atoms with Gasteiger partial charge in [0.1, 0.15) is 11.5 Å². The van der Waals surface area contributed by atoms with E-state index in [1.165, 1.54) is 0 Å². The maximum absolute atomic E-state index is 12.8. The molecule has 7 heteroatoms. The zero-order valence-corrected chi connectivity index (χ0v) is 16.2. The largest absolute Gasteiger partial charge is 0.497 e. The van der Waals surface area contributed by atoms with Crippen LogP contribution in [0.25, 0.3) is 0 Å². The summed E-state index contributed by atoms with van der Waals surface area (Å²) in [6.07, 6.45) is 2.99. The van der Waals surface area contributed by atoms with Gasteiger partial charge in [0.2, 0.25) is 5.91 Å². The lowest BCUT2D eigenvalue weighted by atomic mass is 9.95. The third kappa shape index (κ3) is 4.79. The molecule has 0 radical (unpaired) electrons. The number of hydrogen-bond donors (Lipinski definition) is 1. The van der Waals surface area contributed by atoms with E-state index in [0.29, 0.717) is 49.5 Å². The second-order valence-corrected chi connectivity index (χ2v) is 6.71. The number of benzene rings is 1. The van der Waals surface area contributed by atoms with E-state index in [-0.39, 0.29) is 17.7 Å². The lowest BCUT2D eigenvalue weighted by molar-refractivity contribution is -0.126. The topological polar surface area (TPSA) is 80.8 Å². The van der Waals surface area contributed by atoms with Gasteiger partial charge < -0.3 is 19.7 Å². The van der Waals surface area contributed by atoms with E-state index in [9.17, 15) is 9.59 Å². The summed E-state index contributed by atoms with van der Waals surface area (Å²) < 4.78 is 10.5. The Kier molecular flexibility index (Phi) is 6.47. The second kappa shape index (κ2) is 9.21. The Hall–Kier alpha value is -3.09. The highest BCUT2D eigenvalue weighted by molar-refractivity contribution is 5.95. The van der Waals surface area contributed by atoms with Crippen molar-refractivity contribution in [2.45, 2.75) is 19.4 Å². The summed E-state index contributed by atoms with van der Waals surface area (Å²) in [5.41, 5.74) is 1.35. The molecule has 1 N–H and O–H groups in total. The Morgan fingerprint density at radius 1 is 1.11 bits per heavy atom. The first-order chi connectivity index (χ1) is 13.6. The van der Waals surface area contributed by atoms with E-state index in [0.717, 1.165) is 5.69 Å². The molecule has 0 aliphatic carbocycles. The van der Waals surface area contributed by atoms with Gasteiger partial charge in [-0.05, 0) is 37.1 Å². The average Bonchev–Trinajstić information content (AvgIpc) is 2.77. The lowest BCUT2D eigenvalue weighted by Crippen LogP contribution is -2.43. The first-order valence-electron chi connectivity index (χ1n) is 9.30. The van der Waals surface area contributed by atoms with Crippen LogP contribution in [-0.4, -0.2) is 49.0 Å². The number of pyridine rings is 1. The molecule has 148 valence electrons. The van der Waals surface area contributed by atoms with E-state index >= 15 is 0 Å². The quantitative estimate of drug-likeness (QED) is 0.828. The fourth-order valence-corrected chi connectivity index (χ4v) is 3.28. The molecule has 2 aromatic rings. The van der Waals surface area contributed by atoms with Gasteiger partial charge in [-0.25, -0.2) is 0 Å². The Bertz CT molecular complexity index is 795. The molecule has 1 aromatic carbocycles. The zero-order chi connectivity index (χ0) is 19.9. The van der Waals surface area contributed by atoms with Crippen LogP contribution in [0.5, 0.6) is 11.5 Å². The molecule has 1 aliphatic heterocycles. The lowest BCUT2D eigenvalue weighted by Gasteiger charge is -2.31. The van der Waals surface area contributed by atoms with Gasteiger partial charge in [-0.3, -0.25) is 14.6 Å². The molecule has 2 amide bonds. The van der Waals surface area contributed by atoms with Gasteiger partial charge >= 0.3 is 0 Å². The summed E-state index contributed by atoms with van der Waals surface area (Å²) in [5, 5.41) is 2.94. The number of amides is 2. The standard InChI is InChI=1S/C21H25N3O4/c1-27-18-11-16(12-19(13-18)28-2)21(26)24-9-6-15(7-10-24)20(25)23-14-17-5-3-4-8-22-17/h3-5,8,11-13,15H,6-7,9-10,14H2,1-2H3,(H,23,25). The third-order valence-electron chi connectivity index (χ3n) is 4.92. The number of hydrogen-bond acceptors (Lipinski definition) is 5. The normalized spacial score (nSPS) is 14.4. The maximum atomic E-state index is 12.8. The Balaban J connectivity index is 1.54. The molecule has 3 rings (SSSR count). The van der Waals surface area contributed by atoms with E-state index in [1.807, 2.05) is 18.2 Å². The number of aromatic nitrogens is 1.